The summed E-state index contributed by atoms with van der Waals surface area (Å²) in [4.78, 5) is 13.1. The summed E-state index contributed by atoms with van der Waals surface area (Å²) < 4.78 is 10.5. The molecule has 24 heavy (non-hydrogen) atoms. The molecule has 0 fully saturated rings. The van der Waals surface area contributed by atoms with Crippen LogP contribution in [0.1, 0.15) is 5.56 Å². The highest BCUT2D eigenvalue weighted by Gasteiger charge is 2.05. The van der Waals surface area contributed by atoms with Gasteiger partial charge in [0.2, 0.25) is 0 Å². The van der Waals surface area contributed by atoms with Gasteiger partial charge in [-0.25, -0.2) is 4.79 Å². The van der Waals surface area contributed by atoms with Crippen LogP contribution >= 0.6 is 11.8 Å². The molecule has 0 saturated heterocycles. The maximum absolute atomic E-state index is 11.9. The van der Waals surface area contributed by atoms with Gasteiger partial charge in [0.05, 0.1) is 14.2 Å². The third-order valence-electron chi connectivity index (χ3n) is 3.50. The Balaban J connectivity index is 1.81. The summed E-state index contributed by atoms with van der Waals surface area (Å²) >= 11 is 1.67. The molecule has 128 valence electrons. The molecule has 2 amide bonds. The summed E-state index contributed by atoms with van der Waals surface area (Å²) in [5.74, 6) is 1.38. The van der Waals surface area contributed by atoms with E-state index in [-0.39, 0.29) is 6.03 Å². The summed E-state index contributed by atoms with van der Waals surface area (Å²) in [6, 6.07) is 13.3. The number of anilines is 1. The second kappa shape index (κ2) is 9.08. The van der Waals surface area contributed by atoms with Crippen molar-refractivity contribution in [1.29, 1.82) is 0 Å². The van der Waals surface area contributed by atoms with Gasteiger partial charge in [0.1, 0.15) is 0 Å². The predicted molar refractivity (Wildman–Crippen MR) is 98.5 cm³/mol. The monoisotopic (exact) mass is 346 g/mol. The number of hydrogen-bond donors (Lipinski definition) is 2. The van der Waals surface area contributed by atoms with E-state index in [1.54, 1.807) is 26.0 Å². The standard InChI is InChI=1S/C18H22N2O3S/c1-22-16-9-4-13(12-17(16)23-2)10-11-19-18(21)20-14-5-7-15(24-3)8-6-14/h4-9,12H,10-11H2,1-3H3,(H2,19,20,21). The average Bonchev–Trinajstić information content (AvgIpc) is 2.62. The fraction of sp³-hybridized carbons (Fsp3) is 0.278. The third-order valence-corrected chi connectivity index (χ3v) is 4.24. The maximum Gasteiger partial charge on any atom is 0.319 e. The molecule has 0 atom stereocenters. The highest BCUT2D eigenvalue weighted by molar-refractivity contribution is 7.98. The number of amides is 2. The zero-order valence-corrected chi connectivity index (χ0v) is 14.9. The van der Waals surface area contributed by atoms with E-state index in [4.69, 9.17) is 9.47 Å². The molecule has 0 saturated carbocycles. The van der Waals surface area contributed by atoms with E-state index in [2.05, 4.69) is 10.6 Å². The van der Waals surface area contributed by atoms with E-state index >= 15 is 0 Å². The van der Waals surface area contributed by atoms with Crippen LogP contribution in [0.3, 0.4) is 0 Å². The van der Waals surface area contributed by atoms with Crippen molar-refractivity contribution in [3.63, 3.8) is 0 Å². The van der Waals surface area contributed by atoms with Gasteiger partial charge in [0, 0.05) is 17.1 Å². The molecule has 2 N–H and O–H groups in total. The SMILES string of the molecule is COc1ccc(CCNC(=O)Nc2ccc(SC)cc2)cc1OC. The van der Waals surface area contributed by atoms with Crippen molar-refractivity contribution in [1.82, 2.24) is 5.32 Å². The predicted octanol–water partition coefficient (Wildman–Crippen LogP) is 3.79. The topological polar surface area (TPSA) is 59.6 Å². The number of nitrogens with one attached hydrogen (secondary N) is 2. The lowest BCUT2D eigenvalue weighted by Crippen LogP contribution is -2.30. The number of ether oxygens (including phenoxy) is 2. The van der Waals surface area contributed by atoms with Crippen molar-refractivity contribution in [3.05, 3.63) is 48.0 Å². The quantitative estimate of drug-likeness (QED) is 0.749. The van der Waals surface area contributed by atoms with Gasteiger partial charge in [-0.15, -0.1) is 11.8 Å². The van der Waals surface area contributed by atoms with Gasteiger partial charge < -0.3 is 20.1 Å². The van der Waals surface area contributed by atoms with Crippen LogP contribution in [0.15, 0.2) is 47.4 Å². The minimum atomic E-state index is -0.215. The van der Waals surface area contributed by atoms with E-state index in [1.807, 2.05) is 48.7 Å². The van der Waals surface area contributed by atoms with Crippen molar-refractivity contribution >= 4 is 23.5 Å². The molecule has 0 radical (unpaired) electrons. The van der Waals surface area contributed by atoms with Crippen LogP contribution in [0.4, 0.5) is 10.5 Å². The first-order valence-corrected chi connectivity index (χ1v) is 8.78. The Labute approximate surface area is 146 Å². The van der Waals surface area contributed by atoms with Crippen molar-refractivity contribution in [3.8, 4) is 11.5 Å². The van der Waals surface area contributed by atoms with Crippen LogP contribution in [-0.2, 0) is 6.42 Å². The van der Waals surface area contributed by atoms with Crippen LogP contribution in [0.2, 0.25) is 0 Å². The first kappa shape index (κ1) is 18.0. The highest BCUT2D eigenvalue weighted by Crippen LogP contribution is 2.27. The fourth-order valence-corrected chi connectivity index (χ4v) is 2.61. The van der Waals surface area contributed by atoms with Crippen LogP contribution in [-0.4, -0.2) is 33.1 Å². The normalized spacial score (nSPS) is 10.1. The molecule has 2 rings (SSSR count). The number of carbonyl (C=O) groups excluding carboxylic acids is 1. The lowest BCUT2D eigenvalue weighted by Gasteiger charge is -2.11. The number of carbonyl (C=O) groups is 1. The van der Waals surface area contributed by atoms with Gasteiger partial charge in [-0.3, -0.25) is 0 Å². The Hall–Kier alpha value is -2.34. The van der Waals surface area contributed by atoms with Crippen LogP contribution in [0.25, 0.3) is 0 Å². The number of rotatable bonds is 7. The Morgan fingerprint density at radius 2 is 1.75 bits per heavy atom. The minimum absolute atomic E-state index is 0.215. The van der Waals surface area contributed by atoms with Crippen molar-refractivity contribution < 1.29 is 14.3 Å². The number of benzene rings is 2. The lowest BCUT2D eigenvalue weighted by atomic mass is 10.1. The summed E-state index contributed by atoms with van der Waals surface area (Å²) in [7, 11) is 3.21. The first-order valence-electron chi connectivity index (χ1n) is 7.56. The van der Waals surface area contributed by atoms with Gasteiger partial charge in [0.15, 0.2) is 11.5 Å². The molecule has 0 bridgehead atoms. The van der Waals surface area contributed by atoms with E-state index in [1.165, 1.54) is 0 Å². The average molecular weight is 346 g/mol. The number of urea groups is 1. The molecule has 0 heterocycles. The summed E-state index contributed by atoms with van der Waals surface area (Å²) in [5, 5.41) is 5.66. The van der Waals surface area contributed by atoms with Crippen LogP contribution in [0.5, 0.6) is 11.5 Å². The Morgan fingerprint density at radius 3 is 2.38 bits per heavy atom. The summed E-state index contributed by atoms with van der Waals surface area (Å²) in [5.41, 5.74) is 1.84. The molecular formula is C18H22N2O3S. The molecular weight excluding hydrogens is 324 g/mol. The van der Waals surface area contributed by atoms with Gasteiger partial charge in [-0.1, -0.05) is 6.07 Å². The largest absolute Gasteiger partial charge is 0.493 e. The summed E-state index contributed by atoms with van der Waals surface area (Å²) in [6.45, 7) is 0.532. The van der Waals surface area contributed by atoms with Crippen LogP contribution in [0, 0.1) is 0 Å². The van der Waals surface area contributed by atoms with E-state index in [9.17, 15) is 4.79 Å². The Kier molecular flexibility index (Phi) is 6.81. The maximum atomic E-state index is 11.9. The number of hydrogen-bond acceptors (Lipinski definition) is 4. The van der Waals surface area contributed by atoms with Gasteiger partial charge in [-0.2, -0.15) is 0 Å². The second-order valence-corrected chi connectivity index (χ2v) is 5.93. The van der Waals surface area contributed by atoms with Crippen LogP contribution < -0.4 is 20.1 Å². The first-order chi connectivity index (χ1) is 11.7. The molecule has 2 aromatic carbocycles. The molecule has 5 nitrogen and oxygen atoms in total. The van der Waals surface area contributed by atoms with E-state index in [0.717, 1.165) is 16.1 Å². The van der Waals surface area contributed by atoms with Gasteiger partial charge in [-0.05, 0) is 54.6 Å². The minimum Gasteiger partial charge on any atom is -0.493 e. The highest BCUT2D eigenvalue weighted by atomic mass is 32.2. The molecule has 0 aromatic heterocycles. The van der Waals surface area contributed by atoms with Gasteiger partial charge >= 0.3 is 6.03 Å². The van der Waals surface area contributed by atoms with E-state index < -0.39 is 0 Å². The Bertz CT molecular complexity index is 674. The lowest BCUT2D eigenvalue weighted by molar-refractivity contribution is 0.252. The molecule has 0 spiro atoms. The molecule has 0 aliphatic heterocycles. The molecule has 0 unspecified atom stereocenters. The number of thioether (sulfide) groups is 1. The zero-order valence-electron chi connectivity index (χ0n) is 14.1. The van der Waals surface area contributed by atoms with Crippen molar-refractivity contribution in [2.45, 2.75) is 11.3 Å². The fourth-order valence-electron chi connectivity index (χ4n) is 2.21. The van der Waals surface area contributed by atoms with Gasteiger partial charge in [0.25, 0.3) is 0 Å². The molecule has 0 aliphatic carbocycles. The van der Waals surface area contributed by atoms with Crippen molar-refractivity contribution in [2.24, 2.45) is 0 Å². The molecule has 0 aliphatic rings. The second-order valence-electron chi connectivity index (χ2n) is 5.05. The van der Waals surface area contributed by atoms with Crippen molar-refractivity contribution in [2.75, 3.05) is 32.3 Å². The molecule has 6 heteroatoms. The molecule has 2 aromatic rings. The summed E-state index contributed by atoms with van der Waals surface area (Å²) in [6.07, 6.45) is 2.72. The smallest absolute Gasteiger partial charge is 0.319 e. The Morgan fingerprint density at radius 1 is 1.04 bits per heavy atom. The third kappa shape index (κ3) is 5.09. The van der Waals surface area contributed by atoms with E-state index in [0.29, 0.717) is 24.5 Å². The zero-order chi connectivity index (χ0) is 17.4. The number of methoxy groups -OCH3 is 2.